The maximum Gasteiger partial charge on any atom is 0.256 e. The van der Waals surface area contributed by atoms with Gasteiger partial charge in [-0.2, -0.15) is 0 Å². The number of hydrogen-bond donors (Lipinski definition) is 2. The minimum Gasteiger partial charge on any atom is -0.351 e. The molecule has 2 atom stereocenters. The molecule has 2 aliphatic rings. The second kappa shape index (κ2) is 9.04. The largest absolute Gasteiger partial charge is 0.351 e. The molecule has 2 saturated heterocycles. The van der Waals surface area contributed by atoms with Crippen LogP contribution in [0.1, 0.15) is 16.8 Å². The number of rotatable bonds is 5. The van der Waals surface area contributed by atoms with Gasteiger partial charge >= 0.3 is 0 Å². The van der Waals surface area contributed by atoms with Crippen molar-refractivity contribution in [1.29, 1.82) is 0 Å². The monoisotopic (exact) mass is 505 g/mol. The molecule has 2 aromatic carbocycles. The standard InChI is InChI=1S/C29H24FN7O/c30-20-8-6-18(7-9-20)27-33-24-10-11-26(36-17-21-14-23(36)16-32-21)35-28(24)37(27)22-12-13-31-25(15-22)34-29(38)19-4-2-1-3-5-19/h1-13,15,21,23,32H,14,16-17H2,(H,31,34,38). The number of nitrogens with one attached hydrogen (secondary N) is 2. The van der Waals surface area contributed by atoms with Crippen molar-refractivity contribution in [3.63, 3.8) is 0 Å². The minimum absolute atomic E-state index is 0.248. The fourth-order valence-electron chi connectivity index (χ4n) is 5.39. The smallest absolute Gasteiger partial charge is 0.256 e. The highest BCUT2D eigenvalue weighted by Gasteiger charge is 2.38. The van der Waals surface area contributed by atoms with Crippen molar-refractivity contribution in [2.24, 2.45) is 0 Å². The number of pyridine rings is 2. The van der Waals surface area contributed by atoms with Gasteiger partial charge in [-0.3, -0.25) is 9.36 Å². The number of hydrogen-bond acceptors (Lipinski definition) is 6. The molecule has 0 aliphatic carbocycles. The van der Waals surface area contributed by atoms with Crippen LogP contribution in [0.25, 0.3) is 28.2 Å². The first-order valence-corrected chi connectivity index (χ1v) is 12.6. The zero-order valence-corrected chi connectivity index (χ0v) is 20.4. The number of piperazine rings is 1. The Labute approximate surface area is 218 Å². The Morgan fingerprint density at radius 2 is 1.84 bits per heavy atom. The lowest BCUT2D eigenvalue weighted by atomic mass is 10.2. The molecule has 5 heterocycles. The van der Waals surface area contributed by atoms with Gasteiger partial charge in [0, 0.05) is 48.6 Å². The van der Waals surface area contributed by atoms with E-state index in [-0.39, 0.29) is 11.7 Å². The van der Waals surface area contributed by atoms with Gasteiger partial charge in [0.2, 0.25) is 0 Å². The van der Waals surface area contributed by atoms with Gasteiger partial charge in [-0.05, 0) is 61.0 Å². The number of imidazole rings is 1. The number of aromatic nitrogens is 4. The Bertz CT molecular complexity index is 1650. The molecular weight excluding hydrogens is 481 g/mol. The van der Waals surface area contributed by atoms with Crippen LogP contribution in [0, 0.1) is 5.82 Å². The van der Waals surface area contributed by atoms with Gasteiger partial charge in [0.1, 0.15) is 28.8 Å². The Hall–Kier alpha value is -4.63. The second-order valence-electron chi connectivity index (χ2n) is 9.66. The fourth-order valence-corrected chi connectivity index (χ4v) is 5.39. The molecule has 0 saturated carbocycles. The predicted molar refractivity (Wildman–Crippen MR) is 144 cm³/mol. The Kier molecular flexibility index (Phi) is 5.36. The van der Waals surface area contributed by atoms with E-state index in [1.54, 1.807) is 36.5 Å². The summed E-state index contributed by atoms with van der Waals surface area (Å²) >= 11 is 0. The van der Waals surface area contributed by atoms with Crippen LogP contribution in [0.3, 0.4) is 0 Å². The molecule has 1 amide bonds. The van der Waals surface area contributed by atoms with E-state index in [9.17, 15) is 9.18 Å². The van der Waals surface area contributed by atoms with Crippen molar-refractivity contribution in [2.75, 3.05) is 23.3 Å². The highest BCUT2D eigenvalue weighted by molar-refractivity contribution is 6.03. The molecule has 8 nitrogen and oxygen atoms in total. The summed E-state index contributed by atoms with van der Waals surface area (Å²) in [4.78, 5) is 29.4. The van der Waals surface area contributed by atoms with E-state index >= 15 is 0 Å². The lowest BCUT2D eigenvalue weighted by Crippen LogP contribution is -2.44. The normalized spacial score (nSPS) is 18.3. The zero-order valence-electron chi connectivity index (χ0n) is 20.4. The molecule has 2 N–H and O–H groups in total. The van der Waals surface area contributed by atoms with E-state index < -0.39 is 0 Å². The molecule has 7 rings (SSSR count). The molecule has 2 bridgehead atoms. The van der Waals surface area contributed by atoms with E-state index in [1.165, 1.54) is 12.1 Å². The van der Waals surface area contributed by atoms with E-state index in [1.807, 2.05) is 41.0 Å². The third-order valence-corrected chi connectivity index (χ3v) is 7.22. The summed E-state index contributed by atoms with van der Waals surface area (Å²) in [6, 6.07) is 23.8. The number of carbonyl (C=O) groups excluding carboxylic acids is 1. The molecule has 2 aliphatic heterocycles. The lowest BCUT2D eigenvalue weighted by Gasteiger charge is -2.28. The van der Waals surface area contributed by atoms with Crippen LogP contribution in [0.15, 0.2) is 85.1 Å². The summed E-state index contributed by atoms with van der Waals surface area (Å²) in [7, 11) is 0. The topological polar surface area (TPSA) is 88.0 Å². The molecule has 188 valence electrons. The molecule has 5 aromatic rings. The molecule has 0 spiro atoms. The van der Waals surface area contributed by atoms with Gasteiger partial charge in [0.05, 0.1) is 5.69 Å². The molecule has 0 radical (unpaired) electrons. The van der Waals surface area contributed by atoms with Crippen LogP contribution in [-0.2, 0) is 0 Å². The van der Waals surface area contributed by atoms with Gasteiger partial charge < -0.3 is 15.5 Å². The third-order valence-electron chi connectivity index (χ3n) is 7.22. The van der Waals surface area contributed by atoms with Gasteiger partial charge in [-0.25, -0.2) is 19.3 Å². The number of anilines is 2. The van der Waals surface area contributed by atoms with Crippen molar-refractivity contribution >= 4 is 28.7 Å². The molecule has 2 unspecified atom stereocenters. The minimum atomic E-state index is -0.315. The number of amides is 1. The SMILES string of the molecule is O=C(Nc1cc(-n2c(-c3ccc(F)cc3)nc3ccc(N4CC5CC4CN5)nc32)ccn1)c1ccccc1. The first kappa shape index (κ1) is 22.6. The summed E-state index contributed by atoms with van der Waals surface area (Å²) in [6.45, 7) is 1.88. The Morgan fingerprint density at radius 1 is 1.00 bits per heavy atom. The summed E-state index contributed by atoms with van der Waals surface area (Å²) in [5, 5.41) is 6.42. The van der Waals surface area contributed by atoms with Crippen LogP contribution in [0.2, 0.25) is 0 Å². The van der Waals surface area contributed by atoms with Crippen LogP contribution < -0.4 is 15.5 Å². The highest BCUT2D eigenvalue weighted by atomic mass is 19.1. The maximum atomic E-state index is 13.7. The average molecular weight is 506 g/mol. The number of carbonyl (C=O) groups is 1. The van der Waals surface area contributed by atoms with Crippen LogP contribution in [0.4, 0.5) is 16.0 Å². The van der Waals surface area contributed by atoms with E-state index in [2.05, 4.69) is 20.5 Å². The molecular formula is C29H24FN7O. The van der Waals surface area contributed by atoms with Gasteiger partial charge in [0.25, 0.3) is 5.91 Å². The van der Waals surface area contributed by atoms with Gasteiger partial charge in [-0.1, -0.05) is 18.2 Å². The van der Waals surface area contributed by atoms with E-state index in [0.29, 0.717) is 34.9 Å². The van der Waals surface area contributed by atoms with Crippen molar-refractivity contribution in [3.05, 3.63) is 96.4 Å². The van der Waals surface area contributed by atoms with Crippen LogP contribution >= 0.6 is 0 Å². The fraction of sp³-hybridized carbons (Fsp3) is 0.172. The van der Waals surface area contributed by atoms with E-state index in [4.69, 9.17) is 9.97 Å². The Morgan fingerprint density at radius 3 is 2.61 bits per heavy atom. The van der Waals surface area contributed by atoms with Crippen LogP contribution in [0.5, 0.6) is 0 Å². The summed E-state index contributed by atoms with van der Waals surface area (Å²) in [6.07, 6.45) is 2.76. The van der Waals surface area contributed by atoms with Crippen LogP contribution in [-0.4, -0.2) is 50.6 Å². The first-order chi connectivity index (χ1) is 18.6. The van der Waals surface area contributed by atoms with Gasteiger partial charge in [0.15, 0.2) is 5.65 Å². The Balaban J connectivity index is 1.34. The third kappa shape index (κ3) is 3.97. The molecule has 9 heteroatoms. The van der Waals surface area contributed by atoms with Gasteiger partial charge in [-0.15, -0.1) is 0 Å². The molecule has 3 aromatic heterocycles. The molecule has 2 fully saturated rings. The number of fused-ring (bicyclic) bond motifs is 3. The average Bonchev–Trinajstić information content (AvgIpc) is 3.68. The predicted octanol–water partition coefficient (Wildman–Crippen LogP) is 4.42. The summed E-state index contributed by atoms with van der Waals surface area (Å²) in [5.41, 5.74) is 3.44. The highest BCUT2D eigenvalue weighted by Crippen LogP contribution is 2.33. The lowest BCUT2D eigenvalue weighted by molar-refractivity contribution is 0.102. The quantitative estimate of drug-likeness (QED) is 0.368. The van der Waals surface area contributed by atoms with Crippen molar-refractivity contribution < 1.29 is 9.18 Å². The number of halogens is 1. The summed E-state index contributed by atoms with van der Waals surface area (Å²) < 4.78 is 15.7. The molecule has 38 heavy (non-hydrogen) atoms. The summed E-state index contributed by atoms with van der Waals surface area (Å²) in [5.74, 6) is 1.38. The van der Waals surface area contributed by atoms with Crippen molar-refractivity contribution in [3.8, 4) is 17.1 Å². The maximum absolute atomic E-state index is 13.7. The zero-order chi connectivity index (χ0) is 25.6. The second-order valence-corrected chi connectivity index (χ2v) is 9.66. The van der Waals surface area contributed by atoms with Crippen molar-refractivity contribution in [2.45, 2.75) is 18.5 Å². The first-order valence-electron chi connectivity index (χ1n) is 12.6. The number of nitrogens with zero attached hydrogens (tertiary/aromatic N) is 5. The number of benzene rings is 2. The van der Waals surface area contributed by atoms with E-state index in [0.717, 1.165) is 42.1 Å². The van der Waals surface area contributed by atoms with Crippen molar-refractivity contribution in [1.82, 2.24) is 24.8 Å².